The number of hydrogen-bond donors (Lipinski definition) is 7. The standard InChI is InChI=1S/C49H63Cl6N7O2/c1-2-3-4-5-6-7-8-9-10-11-12-13-14-15-16-23-28-56-47(57-33-43(35-24-19-17-20-25-35)59-48(63)61-45-39(52)29-37(50)30-40(45)53)58-34-44(36-26-21-18-22-27-36)60-49(64)62-46-41(54)31-38(51)32-42(46)55/h17-22,24-27,29-32,43-44H,2-16,23,28,33-34H2,1H3,(H2,56,57,58)(H2,59,61,63)(H2,60,62,64)/p+1/t43-,44-/m1/s1. The van der Waals surface area contributed by atoms with E-state index in [1.807, 2.05) is 60.7 Å². The van der Waals surface area contributed by atoms with Gasteiger partial charge in [-0.2, -0.15) is 0 Å². The van der Waals surface area contributed by atoms with Crippen molar-refractivity contribution < 1.29 is 14.6 Å². The smallest absolute Gasteiger partial charge is 0.328 e. The van der Waals surface area contributed by atoms with E-state index < -0.39 is 24.1 Å². The third-order valence-electron chi connectivity index (χ3n) is 10.8. The molecule has 0 bridgehead atoms. The van der Waals surface area contributed by atoms with Crippen LogP contribution in [0.3, 0.4) is 0 Å². The summed E-state index contributed by atoms with van der Waals surface area (Å²) in [5.74, 6) is 0.639. The maximum Gasteiger partial charge on any atom is 0.343 e. The number of unbranched alkanes of at least 4 members (excludes halogenated alkanes) is 15. The molecule has 64 heavy (non-hydrogen) atoms. The number of hydrogen-bond acceptors (Lipinski definition) is 2. The number of amides is 4. The largest absolute Gasteiger partial charge is 0.343 e. The van der Waals surface area contributed by atoms with Crippen molar-refractivity contribution in [1.29, 1.82) is 0 Å². The van der Waals surface area contributed by atoms with Crippen molar-refractivity contribution in [3.63, 3.8) is 0 Å². The van der Waals surface area contributed by atoms with Crippen LogP contribution in [0.25, 0.3) is 0 Å². The Hall–Kier alpha value is -3.57. The second-order valence-corrected chi connectivity index (χ2v) is 18.5. The topological polar surface area (TPSA) is 120 Å². The van der Waals surface area contributed by atoms with Crippen molar-refractivity contribution in [2.45, 2.75) is 122 Å². The number of halogens is 6. The summed E-state index contributed by atoms with van der Waals surface area (Å²) >= 11 is 37.7. The summed E-state index contributed by atoms with van der Waals surface area (Å²) in [5.41, 5.74) is 2.25. The van der Waals surface area contributed by atoms with E-state index in [0.29, 0.717) is 35.6 Å². The molecule has 0 saturated heterocycles. The zero-order valence-electron chi connectivity index (χ0n) is 36.8. The lowest BCUT2D eigenvalue weighted by atomic mass is 10.0. The molecule has 2 atom stereocenters. The van der Waals surface area contributed by atoms with Crippen molar-refractivity contribution >= 4 is 99.0 Å². The normalized spacial score (nSPS) is 12.3. The molecule has 7 N–H and O–H groups in total. The number of rotatable bonds is 27. The van der Waals surface area contributed by atoms with Crippen molar-refractivity contribution in [2.24, 2.45) is 0 Å². The summed E-state index contributed by atoms with van der Waals surface area (Å²) in [4.78, 5) is 30.4. The predicted octanol–water partition coefficient (Wildman–Crippen LogP) is 13.9. The van der Waals surface area contributed by atoms with E-state index in [9.17, 15) is 9.59 Å². The van der Waals surface area contributed by atoms with Gasteiger partial charge in [0.2, 0.25) is 0 Å². The maximum atomic E-state index is 13.4. The fourth-order valence-electron chi connectivity index (χ4n) is 7.30. The lowest BCUT2D eigenvalue weighted by molar-refractivity contribution is -0.466. The number of guanidine groups is 1. The van der Waals surface area contributed by atoms with Gasteiger partial charge in [-0.25, -0.2) is 9.59 Å². The molecule has 4 amide bonds. The maximum absolute atomic E-state index is 13.4. The van der Waals surface area contributed by atoms with Gasteiger partial charge in [-0.05, 0) is 41.8 Å². The second kappa shape index (κ2) is 30.6. The molecule has 0 saturated carbocycles. The number of benzene rings is 4. The van der Waals surface area contributed by atoms with Gasteiger partial charge in [0.15, 0.2) is 0 Å². The highest BCUT2D eigenvalue weighted by molar-refractivity contribution is 6.43. The Morgan fingerprint density at radius 1 is 0.500 bits per heavy atom. The van der Waals surface area contributed by atoms with E-state index in [4.69, 9.17) is 69.6 Å². The third-order valence-corrected chi connectivity index (χ3v) is 12.4. The van der Waals surface area contributed by atoms with Gasteiger partial charge in [0.1, 0.15) is 0 Å². The quantitative estimate of drug-likeness (QED) is 0.0183. The van der Waals surface area contributed by atoms with Gasteiger partial charge in [0.05, 0.1) is 63.2 Å². The number of nitrogens with one attached hydrogen (secondary N) is 7. The van der Waals surface area contributed by atoms with E-state index in [0.717, 1.165) is 24.0 Å². The Kier molecular flexibility index (Phi) is 25.4. The van der Waals surface area contributed by atoms with Crippen LogP contribution < -0.4 is 36.9 Å². The van der Waals surface area contributed by atoms with Crippen molar-refractivity contribution in [3.8, 4) is 0 Å². The number of carbonyl (C=O) groups is 2. The van der Waals surface area contributed by atoms with Gasteiger partial charge in [-0.3, -0.25) is 15.6 Å². The fraction of sp³-hybridized carbons (Fsp3) is 0.449. The Morgan fingerprint density at radius 3 is 1.30 bits per heavy atom. The fourth-order valence-corrected chi connectivity index (χ4v) is 9.12. The van der Waals surface area contributed by atoms with Gasteiger partial charge in [0.25, 0.3) is 0 Å². The highest BCUT2D eigenvalue weighted by atomic mass is 35.5. The zero-order valence-corrected chi connectivity index (χ0v) is 41.3. The molecule has 0 aliphatic rings. The molecular formula is C49H64Cl6N7O2+. The monoisotopic (exact) mass is 992 g/mol. The SMILES string of the molecule is CCCCCCCCCCCCCCCCCCNC(NC[C@@H](NC(=O)Nc1c(Cl)cc(Cl)cc1Cl)c1ccccc1)=[NH+]C[C@@H](NC(=O)Nc1c(Cl)cc(Cl)cc1Cl)c1ccccc1. The van der Waals surface area contributed by atoms with Crippen LogP contribution in [0.4, 0.5) is 21.0 Å². The van der Waals surface area contributed by atoms with Crippen molar-refractivity contribution in [1.82, 2.24) is 21.3 Å². The highest BCUT2D eigenvalue weighted by Crippen LogP contribution is 2.35. The second-order valence-electron chi connectivity index (χ2n) is 16.0. The Labute approximate surface area is 410 Å². The minimum Gasteiger partial charge on any atom is -0.328 e. The zero-order chi connectivity index (χ0) is 45.9. The highest BCUT2D eigenvalue weighted by Gasteiger charge is 2.22. The molecule has 0 heterocycles. The first-order chi connectivity index (χ1) is 31.0. The Balaban J connectivity index is 1.39. The van der Waals surface area contributed by atoms with Crippen LogP contribution in [-0.4, -0.2) is 37.7 Å². The van der Waals surface area contributed by atoms with Crippen LogP contribution in [0.2, 0.25) is 30.1 Å². The molecule has 4 aromatic rings. The minimum absolute atomic E-state index is 0.217. The van der Waals surface area contributed by atoms with E-state index in [1.54, 1.807) is 0 Å². The summed E-state index contributed by atoms with van der Waals surface area (Å²) in [6.45, 7) is 3.58. The molecule has 0 fully saturated rings. The lowest BCUT2D eigenvalue weighted by Crippen LogP contribution is -2.81. The van der Waals surface area contributed by atoms with Crippen molar-refractivity contribution in [2.75, 3.05) is 30.3 Å². The Bertz CT molecular complexity index is 1980. The first-order valence-corrected chi connectivity index (χ1v) is 24.9. The molecule has 348 valence electrons. The average Bonchev–Trinajstić information content (AvgIpc) is 3.27. The number of urea groups is 2. The first kappa shape index (κ1) is 53.0. The number of anilines is 2. The molecule has 9 nitrogen and oxygen atoms in total. The summed E-state index contributed by atoms with van der Waals surface area (Å²) in [5, 5.41) is 20.3. The summed E-state index contributed by atoms with van der Waals surface area (Å²) in [6.07, 6.45) is 20.8. The summed E-state index contributed by atoms with van der Waals surface area (Å²) < 4.78 is 0. The van der Waals surface area contributed by atoms with Gasteiger partial charge in [-0.1, -0.05) is 234 Å². The molecule has 0 aliphatic heterocycles. The average molecular weight is 996 g/mol. The molecule has 15 heteroatoms. The third kappa shape index (κ3) is 20.3. The van der Waals surface area contributed by atoms with Crippen LogP contribution in [0.1, 0.15) is 133 Å². The molecule has 0 unspecified atom stereocenters. The summed E-state index contributed by atoms with van der Waals surface area (Å²) in [6, 6.07) is 23.4. The molecule has 4 rings (SSSR count). The minimum atomic E-state index is -0.502. The van der Waals surface area contributed by atoms with Crippen LogP contribution >= 0.6 is 69.6 Å². The van der Waals surface area contributed by atoms with Crippen LogP contribution in [0.5, 0.6) is 0 Å². The van der Waals surface area contributed by atoms with E-state index >= 15 is 0 Å². The molecule has 0 radical (unpaired) electrons. The van der Waals surface area contributed by atoms with E-state index in [1.165, 1.54) is 114 Å². The molecule has 0 aromatic heterocycles. The predicted molar refractivity (Wildman–Crippen MR) is 272 cm³/mol. The van der Waals surface area contributed by atoms with Gasteiger partial charge < -0.3 is 21.3 Å². The molecular weight excluding hydrogens is 931 g/mol. The van der Waals surface area contributed by atoms with Crippen LogP contribution in [0.15, 0.2) is 84.9 Å². The molecule has 0 spiro atoms. The lowest BCUT2D eigenvalue weighted by Gasteiger charge is -2.21. The van der Waals surface area contributed by atoms with E-state index in [2.05, 4.69) is 43.8 Å². The van der Waals surface area contributed by atoms with Gasteiger partial charge in [-0.15, -0.1) is 0 Å². The van der Waals surface area contributed by atoms with Gasteiger partial charge in [0, 0.05) is 10.0 Å². The molecule has 4 aromatic carbocycles. The van der Waals surface area contributed by atoms with Crippen molar-refractivity contribution in [3.05, 3.63) is 126 Å². The van der Waals surface area contributed by atoms with Crippen LogP contribution in [0, 0.1) is 0 Å². The van der Waals surface area contributed by atoms with E-state index in [-0.39, 0.29) is 31.5 Å². The molecule has 0 aliphatic carbocycles. The Morgan fingerprint density at radius 2 is 0.875 bits per heavy atom. The summed E-state index contributed by atoms with van der Waals surface area (Å²) in [7, 11) is 0. The first-order valence-electron chi connectivity index (χ1n) is 22.7. The van der Waals surface area contributed by atoms with Gasteiger partial charge >= 0.3 is 18.0 Å². The number of carbonyl (C=O) groups excluding carboxylic acids is 2. The van der Waals surface area contributed by atoms with Crippen LogP contribution in [-0.2, 0) is 0 Å².